The highest BCUT2D eigenvalue weighted by atomic mass is 16.2. The minimum atomic E-state index is 0.0124. The smallest absolute Gasteiger partial charge is 0.253 e. The SMILES string of the molecule is CN=C(NCCc1ccc(C)cc1C)NCc1ccc(C(=O)N(C)C)cc1. The fourth-order valence-corrected chi connectivity index (χ4v) is 2.87. The summed E-state index contributed by atoms with van der Waals surface area (Å²) in [5, 5.41) is 6.66. The summed E-state index contributed by atoms with van der Waals surface area (Å²) in [5.41, 5.74) is 5.76. The fraction of sp³-hybridized carbons (Fsp3) is 0.364. The second-order valence-corrected chi connectivity index (χ2v) is 6.93. The molecule has 144 valence electrons. The van der Waals surface area contributed by atoms with Crippen LogP contribution in [-0.2, 0) is 13.0 Å². The Labute approximate surface area is 162 Å². The van der Waals surface area contributed by atoms with Crippen molar-refractivity contribution in [2.45, 2.75) is 26.8 Å². The number of guanidine groups is 1. The van der Waals surface area contributed by atoms with Crippen LogP contribution in [0.5, 0.6) is 0 Å². The zero-order valence-electron chi connectivity index (χ0n) is 17.0. The van der Waals surface area contributed by atoms with Gasteiger partial charge in [-0.05, 0) is 49.1 Å². The van der Waals surface area contributed by atoms with E-state index < -0.39 is 0 Å². The van der Waals surface area contributed by atoms with Crippen molar-refractivity contribution in [2.75, 3.05) is 27.7 Å². The summed E-state index contributed by atoms with van der Waals surface area (Å²) in [6.45, 7) is 5.74. The third-order valence-corrected chi connectivity index (χ3v) is 4.48. The summed E-state index contributed by atoms with van der Waals surface area (Å²) in [7, 11) is 5.28. The van der Waals surface area contributed by atoms with Crippen LogP contribution in [0.25, 0.3) is 0 Å². The van der Waals surface area contributed by atoms with Crippen molar-refractivity contribution < 1.29 is 4.79 Å². The van der Waals surface area contributed by atoms with Gasteiger partial charge in [0.05, 0.1) is 0 Å². The second-order valence-electron chi connectivity index (χ2n) is 6.93. The van der Waals surface area contributed by atoms with Crippen molar-refractivity contribution in [1.29, 1.82) is 0 Å². The van der Waals surface area contributed by atoms with Crippen molar-refractivity contribution in [1.82, 2.24) is 15.5 Å². The van der Waals surface area contributed by atoms with Gasteiger partial charge in [0.1, 0.15) is 0 Å². The number of nitrogens with one attached hydrogen (secondary N) is 2. The molecule has 0 atom stereocenters. The van der Waals surface area contributed by atoms with Crippen LogP contribution in [0.2, 0.25) is 0 Å². The first-order valence-corrected chi connectivity index (χ1v) is 9.22. The summed E-state index contributed by atoms with van der Waals surface area (Å²) in [6, 6.07) is 14.2. The molecule has 0 aliphatic heterocycles. The van der Waals surface area contributed by atoms with Gasteiger partial charge in [-0.15, -0.1) is 0 Å². The summed E-state index contributed by atoms with van der Waals surface area (Å²) < 4.78 is 0. The zero-order valence-corrected chi connectivity index (χ0v) is 17.0. The Hall–Kier alpha value is -2.82. The minimum Gasteiger partial charge on any atom is -0.356 e. The predicted octanol–water partition coefficient (Wildman–Crippen LogP) is 2.91. The van der Waals surface area contributed by atoms with Gasteiger partial charge in [0.15, 0.2) is 5.96 Å². The van der Waals surface area contributed by atoms with Crippen molar-refractivity contribution >= 4 is 11.9 Å². The Balaban J connectivity index is 1.82. The van der Waals surface area contributed by atoms with E-state index in [1.807, 2.05) is 24.3 Å². The van der Waals surface area contributed by atoms with E-state index in [2.05, 4.69) is 47.7 Å². The molecule has 0 unspecified atom stereocenters. The van der Waals surface area contributed by atoms with Gasteiger partial charge in [0.25, 0.3) is 5.91 Å². The van der Waals surface area contributed by atoms with Crippen molar-refractivity contribution in [3.8, 4) is 0 Å². The van der Waals surface area contributed by atoms with Gasteiger partial charge < -0.3 is 15.5 Å². The first-order chi connectivity index (χ1) is 12.9. The molecule has 0 radical (unpaired) electrons. The molecule has 0 saturated carbocycles. The van der Waals surface area contributed by atoms with Gasteiger partial charge in [0, 0.05) is 39.8 Å². The van der Waals surface area contributed by atoms with Gasteiger partial charge in [-0.2, -0.15) is 0 Å². The van der Waals surface area contributed by atoms with Gasteiger partial charge in [-0.25, -0.2) is 0 Å². The number of carbonyl (C=O) groups is 1. The molecular weight excluding hydrogens is 336 g/mol. The number of rotatable bonds is 6. The quantitative estimate of drug-likeness (QED) is 0.610. The molecule has 0 aromatic heterocycles. The van der Waals surface area contributed by atoms with Gasteiger partial charge in [-0.1, -0.05) is 35.9 Å². The Morgan fingerprint density at radius 3 is 2.33 bits per heavy atom. The molecule has 2 N–H and O–H groups in total. The summed E-state index contributed by atoms with van der Waals surface area (Å²) >= 11 is 0. The third-order valence-electron chi connectivity index (χ3n) is 4.48. The summed E-state index contributed by atoms with van der Waals surface area (Å²) in [4.78, 5) is 17.8. The third kappa shape index (κ3) is 6.13. The molecule has 5 nitrogen and oxygen atoms in total. The average Bonchev–Trinajstić information content (AvgIpc) is 2.65. The first kappa shape index (κ1) is 20.5. The molecule has 0 aliphatic carbocycles. The van der Waals surface area contributed by atoms with E-state index in [1.54, 1.807) is 26.0 Å². The highest BCUT2D eigenvalue weighted by Gasteiger charge is 2.07. The molecule has 0 heterocycles. The summed E-state index contributed by atoms with van der Waals surface area (Å²) in [5.74, 6) is 0.784. The van der Waals surface area contributed by atoms with Crippen LogP contribution >= 0.6 is 0 Å². The summed E-state index contributed by atoms with van der Waals surface area (Å²) in [6.07, 6.45) is 0.953. The Morgan fingerprint density at radius 1 is 1.04 bits per heavy atom. The molecule has 0 saturated heterocycles. The molecule has 0 fully saturated rings. The van der Waals surface area contributed by atoms with Gasteiger partial charge in [0.2, 0.25) is 0 Å². The van der Waals surface area contributed by atoms with Crippen molar-refractivity contribution in [2.24, 2.45) is 4.99 Å². The average molecular weight is 367 g/mol. The highest BCUT2D eigenvalue weighted by molar-refractivity contribution is 5.93. The van der Waals surface area contributed by atoms with E-state index in [4.69, 9.17) is 0 Å². The number of benzene rings is 2. The lowest BCUT2D eigenvalue weighted by molar-refractivity contribution is 0.0827. The highest BCUT2D eigenvalue weighted by Crippen LogP contribution is 2.10. The molecule has 0 bridgehead atoms. The number of nitrogens with zero attached hydrogens (tertiary/aromatic N) is 2. The molecule has 5 heteroatoms. The molecule has 0 aliphatic rings. The molecule has 1 amide bonds. The standard InChI is InChI=1S/C22H30N4O/c1-16-6-9-19(17(2)14-16)12-13-24-22(23-3)25-15-18-7-10-20(11-8-18)21(27)26(4)5/h6-11,14H,12-13,15H2,1-5H3,(H2,23,24,25). The van der Waals surface area contributed by atoms with E-state index in [1.165, 1.54) is 16.7 Å². The van der Waals surface area contributed by atoms with Crippen LogP contribution < -0.4 is 10.6 Å². The largest absolute Gasteiger partial charge is 0.356 e. The molecule has 27 heavy (non-hydrogen) atoms. The zero-order chi connectivity index (χ0) is 19.8. The Kier molecular flexibility index (Phi) is 7.41. The van der Waals surface area contributed by atoms with E-state index in [9.17, 15) is 4.79 Å². The Morgan fingerprint density at radius 2 is 1.74 bits per heavy atom. The fourth-order valence-electron chi connectivity index (χ4n) is 2.87. The number of hydrogen-bond donors (Lipinski definition) is 2. The maximum absolute atomic E-state index is 11.9. The predicted molar refractivity (Wildman–Crippen MR) is 112 cm³/mol. The molecule has 2 rings (SSSR count). The van der Waals surface area contributed by atoms with Gasteiger partial charge >= 0.3 is 0 Å². The van der Waals surface area contributed by atoms with E-state index in [-0.39, 0.29) is 5.91 Å². The van der Waals surface area contributed by atoms with Crippen LogP contribution in [-0.4, -0.2) is 44.5 Å². The second kappa shape index (κ2) is 9.76. The van der Waals surface area contributed by atoms with Crippen LogP contribution in [0, 0.1) is 13.8 Å². The van der Waals surface area contributed by atoms with Crippen molar-refractivity contribution in [3.05, 3.63) is 70.3 Å². The normalized spacial score (nSPS) is 11.2. The van der Waals surface area contributed by atoms with Crippen LogP contribution in [0.3, 0.4) is 0 Å². The maximum Gasteiger partial charge on any atom is 0.253 e. The Bertz CT molecular complexity index is 794. The molecule has 2 aromatic carbocycles. The first-order valence-electron chi connectivity index (χ1n) is 9.22. The van der Waals surface area contributed by atoms with Crippen LogP contribution in [0.15, 0.2) is 47.5 Å². The molecule has 2 aromatic rings. The number of carbonyl (C=O) groups excluding carboxylic acids is 1. The lowest BCUT2D eigenvalue weighted by atomic mass is 10.0. The molecular formula is C22H30N4O. The van der Waals surface area contributed by atoms with Crippen LogP contribution in [0.4, 0.5) is 0 Å². The topological polar surface area (TPSA) is 56.7 Å². The number of amides is 1. The van der Waals surface area contributed by atoms with E-state index >= 15 is 0 Å². The lowest BCUT2D eigenvalue weighted by Crippen LogP contribution is -2.37. The minimum absolute atomic E-state index is 0.0124. The van der Waals surface area contributed by atoms with E-state index in [0.717, 1.165) is 24.5 Å². The molecule has 0 spiro atoms. The van der Waals surface area contributed by atoms with Crippen LogP contribution in [0.1, 0.15) is 32.6 Å². The number of aryl methyl sites for hydroxylation is 2. The monoisotopic (exact) mass is 366 g/mol. The maximum atomic E-state index is 11.9. The van der Waals surface area contributed by atoms with E-state index in [0.29, 0.717) is 12.1 Å². The number of aliphatic imine (C=N–C) groups is 1. The number of hydrogen-bond acceptors (Lipinski definition) is 2. The van der Waals surface area contributed by atoms with Gasteiger partial charge in [-0.3, -0.25) is 9.79 Å². The van der Waals surface area contributed by atoms with Crippen molar-refractivity contribution in [3.63, 3.8) is 0 Å². The lowest BCUT2D eigenvalue weighted by Gasteiger charge is -2.14.